The first-order valence-electron chi connectivity index (χ1n) is 7.91. The Bertz CT molecular complexity index is 716. The second-order valence-corrected chi connectivity index (χ2v) is 6.34. The molecule has 0 N–H and O–H groups in total. The lowest BCUT2D eigenvalue weighted by Gasteiger charge is -2.30. The van der Waals surface area contributed by atoms with Gasteiger partial charge in [-0.3, -0.25) is 10.1 Å². The molecule has 1 heterocycles. The first kappa shape index (κ1) is 20.8. The molecule has 10 heteroatoms. The van der Waals surface area contributed by atoms with Crippen LogP contribution in [0.15, 0.2) is 36.9 Å². The molecular weight excluding hydrogens is 371 g/mol. The number of hydrogen-bond acceptors (Lipinski definition) is 6. The molecule has 0 amide bonds. The van der Waals surface area contributed by atoms with Gasteiger partial charge in [-0.25, -0.2) is 4.79 Å². The molecule has 27 heavy (non-hydrogen) atoms. The third-order valence-corrected chi connectivity index (χ3v) is 3.94. The van der Waals surface area contributed by atoms with E-state index in [0.29, 0.717) is 6.08 Å². The Labute approximate surface area is 152 Å². The highest BCUT2D eigenvalue weighted by molar-refractivity contribution is 5.89. The SMILES string of the molecule is C=C[C@H]([C@@H](OC(=O)c1ccc([N+](=O)[O-])cc1)[C@H]1COC(C)(C)O1)C(F)(F)F. The van der Waals surface area contributed by atoms with Crippen molar-refractivity contribution in [2.75, 3.05) is 6.61 Å². The molecule has 3 atom stereocenters. The highest BCUT2D eigenvalue weighted by Gasteiger charge is 2.51. The summed E-state index contributed by atoms with van der Waals surface area (Å²) in [7, 11) is 0. The molecule has 1 aromatic carbocycles. The number of rotatable bonds is 6. The molecule has 0 spiro atoms. The van der Waals surface area contributed by atoms with Gasteiger partial charge < -0.3 is 14.2 Å². The van der Waals surface area contributed by atoms with Crippen molar-refractivity contribution in [3.63, 3.8) is 0 Å². The number of ether oxygens (including phenoxy) is 3. The molecule has 0 aliphatic carbocycles. The third kappa shape index (κ3) is 5.04. The lowest BCUT2D eigenvalue weighted by molar-refractivity contribution is -0.384. The average Bonchev–Trinajstić information content (AvgIpc) is 2.93. The Hall–Kier alpha value is -2.46. The Morgan fingerprint density at radius 3 is 2.41 bits per heavy atom. The molecule has 1 fully saturated rings. The molecular formula is C17H18F3NO6. The Morgan fingerprint density at radius 2 is 2.00 bits per heavy atom. The number of nitro benzene ring substituents is 1. The second-order valence-electron chi connectivity index (χ2n) is 6.34. The molecule has 0 aromatic heterocycles. The van der Waals surface area contributed by atoms with E-state index in [0.717, 1.165) is 24.3 Å². The number of benzene rings is 1. The fourth-order valence-corrected chi connectivity index (χ4v) is 2.62. The minimum Gasteiger partial charge on any atom is -0.455 e. The summed E-state index contributed by atoms with van der Waals surface area (Å²) in [4.78, 5) is 22.3. The van der Waals surface area contributed by atoms with Gasteiger partial charge in [0.2, 0.25) is 0 Å². The topological polar surface area (TPSA) is 87.9 Å². The number of nitrogens with zero attached hydrogens (tertiary/aromatic N) is 1. The van der Waals surface area contributed by atoms with E-state index in [1.807, 2.05) is 0 Å². The second kappa shape index (κ2) is 7.65. The zero-order chi connectivity index (χ0) is 20.4. The molecule has 1 aliphatic heterocycles. The standard InChI is InChI=1S/C17H18F3NO6/c1-4-12(17(18,19)20)14(13-9-25-16(2,3)27-13)26-15(22)10-5-7-11(8-6-10)21(23)24/h4-8,12-14H,1,9H2,2-3H3/t12-,13-,14-/m1/s1. The van der Waals surface area contributed by atoms with Gasteiger partial charge in [-0.05, 0) is 26.0 Å². The Balaban J connectivity index is 2.26. The van der Waals surface area contributed by atoms with Crippen molar-refractivity contribution in [1.82, 2.24) is 0 Å². The van der Waals surface area contributed by atoms with Crippen LogP contribution in [0.5, 0.6) is 0 Å². The van der Waals surface area contributed by atoms with Gasteiger partial charge in [-0.1, -0.05) is 6.08 Å². The monoisotopic (exact) mass is 389 g/mol. The summed E-state index contributed by atoms with van der Waals surface area (Å²) in [6.07, 6.45) is -6.97. The zero-order valence-corrected chi connectivity index (χ0v) is 14.6. The number of carbonyl (C=O) groups excluding carboxylic acids is 1. The van der Waals surface area contributed by atoms with E-state index < -0.39 is 41.0 Å². The predicted octanol–water partition coefficient (Wildman–Crippen LogP) is 3.64. The van der Waals surface area contributed by atoms with Gasteiger partial charge in [0.05, 0.1) is 17.1 Å². The molecule has 7 nitrogen and oxygen atoms in total. The first-order valence-corrected chi connectivity index (χ1v) is 7.91. The lowest BCUT2D eigenvalue weighted by atomic mass is 9.97. The summed E-state index contributed by atoms with van der Waals surface area (Å²) in [6, 6.07) is 4.31. The summed E-state index contributed by atoms with van der Waals surface area (Å²) in [6.45, 7) is 6.03. The maximum Gasteiger partial charge on any atom is 0.398 e. The van der Waals surface area contributed by atoms with Crippen LogP contribution in [0.4, 0.5) is 18.9 Å². The molecule has 0 saturated carbocycles. The maximum atomic E-state index is 13.4. The summed E-state index contributed by atoms with van der Waals surface area (Å²) >= 11 is 0. The number of carbonyl (C=O) groups is 1. The molecule has 0 bridgehead atoms. The molecule has 0 radical (unpaired) electrons. The highest BCUT2D eigenvalue weighted by atomic mass is 19.4. The largest absolute Gasteiger partial charge is 0.455 e. The van der Waals surface area contributed by atoms with Gasteiger partial charge in [0.15, 0.2) is 5.79 Å². The zero-order valence-electron chi connectivity index (χ0n) is 14.6. The van der Waals surface area contributed by atoms with E-state index in [-0.39, 0.29) is 17.9 Å². The molecule has 1 saturated heterocycles. The van der Waals surface area contributed by atoms with Crippen molar-refractivity contribution in [1.29, 1.82) is 0 Å². The van der Waals surface area contributed by atoms with Crippen molar-refractivity contribution >= 4 is 11.7 Å². The Kier molecular flexibility index (Phi) is 5.91. The lowest BCUT2D eigenvalue weighted by Crippen LogP contribution is -2.45. The van der Waals surface area contributed by atoms with Gasteiger partial charge in [0.1, 0.15) is 18.1 Å². The van der Waals surface area contributed by atoms with Crippen LogP contribution in [0, 0.1) is 16.0 Å². The molecule has 1 aliphatic rings. The smallest absolute Gasteiger partial charge is 0.398 e. The number of hydrogen-bond donors (Lipinski definition) is 0. The van der Waals surface area contributed by atoms with Gasteiger partial charge in [0.25, 0.3) is 5.69 Å². The quantitative estimate of drug-likeness (QED) is 0.320. The van der Waals surface area contributed by atoms with Crippen molar-refractivity contribution in [2.24, 2.45) is 5.92 Å². The minimum atomic E-state index is -4.72. The third-order valence-electron chi connectivity index (χ3n) is 3.94. The summed E-state index contributed by atoms with van der Waals surface area (Å²) in [5, 5.41) is 10.7. The highest BCUT2D eigenvalue weighted by Crippen LogP contribution is 2.37. The van der Waals surface area contributed by atoms with Crippen LogP contribution in [0.1, 0.15) is 24.2 Å². The fraction of sp³-hybridized carbons (Fsp3) is 0.471. The first-order chi connectivity index (χ1) is 12.4. The Morgan fingerprint density at radius 1 is 1.41 bits per heavy atom. The normalized spacial score (nSPS) is 21.3. The van der Waals surface area contributed by atoms with Crippen molar-refractivity contribution in [2.45, 2.75) is 38.0 Å². The maximum absolute atomic E-state index is 13.4. The molecule has 0 unspecified atom stereocenters. The van der Waals surface area contributed by atoms with E-state index in [9.17, 15) is 28.1 Å². The van der Waals surface area contributed by atoms with Crippen LogP contribution in [-0.2, 0) is 14.2 Å². The fourth-order valence-electron chi connectivity index (χ4n) is 2.62. The van der Waals surface area contributed by atoms with Gasteiger partial charge in [-0.15, -0.1) is 6.58 Å². The number of alkyl halides is 3. The summed E-state index contributed by atoms with van der Waals surface area (Å²) in [5.41, 5.74) is -0.398. The van der Waals surface area contributed by atoms with E-state index in [1.165, 1.54) is 13.8 Å². The van der Waals surface area contributed by atoms with Crippen LogP contribution in [-0.4, -0.2) is 41.7 Å². The number of nitro groups is 1. The van der Waals surface area contributed by atoms with Crippen molar-refractivity contribution in [3.05, 3.63) is 52.6 Å². The minimum absolute atomic E-state index is 0.131. The van der Waals surface area contributed by atoms with Crippen LogP contribution < -0.4 is 0 Å². The van der Waals surface area contributed by atoms with Gasteiger partial charge in [0, 0.05) is 12.1 Å². The molecule has 2 rings (SSSR count). The summed E-state index contributed by atoms with van der Waals surface area (Å²) in [5.74, 6) is -4.37. The number of halogens is 3. The van der Waals surface area contributed by atoms with E-state index in [2.05, 4.69) is 6.58 Å². The van der Waals surface area contributed by atoms with Crippen LogP contribution in [0.3, 0.4) is 0 Å². The summed E-state index contributed by atoms with van der Waals surface area (Å²) < 4.78 is 55.9. The van der Waals surface area contributed by atoms with E-state index >= 15 is 0 Å². The van der Waals surface area contributed by atoms with Crippen LogP contribution in [0.25, 0.3) is 0 Å². The van der Waals surface area contributed by atoms with Crippen LogP contribution in [0.2, 0.25) is 0 Å². The van der Waals surface area contributed by atoms with Gasteiger partial charge >= 0.3 is 12.1 Å². The van der Waals surface area contributed by atoms with Crippen molar-refractivity contribution < 1.29 is 37.1 Å². The average molecular weight is 389 g/mol. The number of esters is 1. The van der Waals surface area contributed by atoms with Crippen LogP contribution >= 0.6 is 0 Å². The van der Waals surface area contributed by atoms with Crippen molar-refractivity contribution in [3.8, 4) is 0 Å². The van der Waals surface area contributed by atoms with Gasteiger partial charge in [-0.2, -0.15) is 13.2 Å². The number of non-ortho nitro benzene ring substituents is 1. The van der Waals surface area contributed by atoms with E-state index in [1.54, 1.807) is 0 Å². The molecule has 148 valence electrons. The molecule has 1 aromatic rings. The van der Waals surface area contributed by atoms with E-state index in [4.69, 9.17) is 14.2 Å². The predicted molar refractivity (Wildman–Crippen MR) is 86.9 cm³/mol.